The fourth-order valence-corrected chi connectivity index (χ4v) is 2.92. The first-order valence-corrected chi connectivity index (χ1v) is 7.26. The molecule has 2 aliphatic rings. The van der Waals surface area contributed by atoms with Crippen molar-refractivity contribution in [1.82, 2.24) is 4.90 Å². The highest BCUT2D eigenvalue weighted by molar-refractivity contribution is 4.86. The summed E-state index contributed by atoms with van der Waals surface area (Å²) < 4.78 is 17.6. The van der Waals surface area contributed by atoms with Crippen LogP contribution in [0.1, 0.15) is 33.1 Å². The summed E-state index contributed by atoms with van der Waals surface area (Å²) in [6.45, 7) is 4.73. The standard InChI is InChI=1S/C14H27NO4/c1-9-12(16)5-6-13(18-9)19-14-10(2)17-8-7-11(14)15(3)4/h9-14,16H,5-8H2,1-4H3/t9-,10?,11?,12-,13?,14?/m0/s1. The van der Waals surface area contributed by atoms with Crippen molar-refractivity contribution in [2.24, 2.45) is 0 Å². The van der Waals surface area contributed by atoms with Gasteiger partial charge in [-0.25, -0.2) is 0 Å². The number of hydrogen-bond donors (Lipinski definition) is 1. The normalized spacial score (nSPS) is 44.5. The third-order valence-corrected chi connectivity index (χ3v) is 4.21. The van der Waals surface area contributed by atoms with Crippen LogP contribution >= 0.6 is 0 Å². The predicted octanol–water partition coefficient (Wildman–Crippen LogP) is 0.996. The molecule has 0 saturated carbocycles. The Bertz CT molecular complexity index is 287. The van der Waals surface area contributed by atoms with E-state index in [1.165, 1.54) is 0 Å². The van der Waals surface area contributed by atoms with Gasteiger partial charge in [-0.2, -0.15) is 0 Å². The minimum Gasteiger partial charge on any atom is -0.390 e. The predicted molar refractivity (Wildman–Crippen MR) is 72.0 cm³/mol. The van der Waals surface area contributed by atoms with Crippen molar-refractivity contribution < 1.29 is 19.3 Å². The lowest BCUT2D eigenvalue weighted by Gasteiger charge is -2.42. The van der Waals surface area contributed by atoms with Crippen LogP contribution in [0.3, 0.4) is 0 Å². The summed E-state index contributed by atoms with van der Waals surface area (Å²) in [7, 11) is 4.15. The molecule has 2 heterocycles. The van der Waals surface area contributed by atoms with E-state index in [-0.39, 0.29) is 30.7 Å². The summed E-state index contributed by atoms with van der Waals surface area (Å²) in [6, 6.07) is 0.356. The van der Waals surface area contributed by atoms with Crippen LogP contribution in [0.25, 0.3) is 0 Å². The van der Waals surface area contributed by atoms with E-state index in [0.717, 1.165) is 25.9 Å². The molecule has 0 aromatic carbocycles. The summed E-state index contributed by atoms with van der Waals surface area (Å²) >= 11 is 0. The van der Waals surface area contributed by atoms with Crippen LogP contribution in [0.5, 0.6) is 0 Å². The maximum atomic E-state index is 9.68. The highest BCUT2D eigenvalue weighted by Crippen LogP contribution is 2.27. The van der Waals surface area contributed by atoms with Gasteiger partial charge < -0.3 is 24.2 Å². The topological polar surface area (TPSA) is 51.2 Å². The smallest absolute Gasteiger partial charge is 0.158 e. The molecule has 0 radical (unpaired) electrons. The van der Waals surface area contributed by atoms with E-state index in [1.807, 2.05) is 6.92 Å². The van der Waals surface area contributed by atoms with Crippen molar-refractivity contribution in [3.8, 4) is 0 Å². The first kappa shape index (κ1) is 15.2. The Morgan fingerprint density at radius 2 is 1.84 bits per heavy atom. The molecule has 2 aliphatic heterocycles. The van der Waals surface area contributed by atoms with Gasteiger partial charge in [0.05, 0.1) is 18.3 Å². The van der Waals surface area contributed by atoms with Gasteiger partial charge in [0.1, 0.15) is 6.10 Å². The Morgan fingerprint density at radius 3 is 2.47 bits per heavy atom. The van der Waals surface area contributed by atoms with Gasteiger partial charge in [-0.3, -0.25) is 0 Å². The molecule has 0 amide bonds. The van der Waals surface area contributed by atoms with Gasteiger partial charge in [-0.1, -0.05) is 0 Å². The number of aliphatic hydroxyl groups excluding tert-OH is 1. The maximum Gasteiger partial charge on any atom is 0.158 e. The lowest BCUT2D eigenvalue weighted by molar-refractivity contribution is -0.264. The van der Waals surface area contributed by atoms with E-state index >= 15 is 0 Å². The zero-order valence-corrected chi connectivity index (χ0v) is 12.4. The monoisotopic (exact) mass is 273 g/mol. The van der Waals surface area contributed by atoms with E-state index < -0.39 is 0 Å². The zero-order chi connectivity index (χ0) is 14.0. The van der Waals surface area contributed by atoms with Crippen molar-refractivity contribution in [3.05, 3.63) is 0 Å². The van der Waals surface area contributed by atoms with E-state index in [2.05, 4.69) is 25.9 Å². The first-order chi connectivity index (χ1) is 8.99. The molecule has 0 aromatic heterocycles. The Morgan fingerprint density at radius 1 is 1.11 bits per heavy atom. The Balaban J connectivity index is 1.95. The maximum absolute atomic E-state index is 9.68. The van der Waals surface area contributed by atoms with E-state index in [0.29, 0.717) is 6.04 Å². The zero-order valence-electron chi connectivity index (χ0n) is 12.4. The second-order valence-corrected chi connectivity index (χ2v) is 5.91. The van der Waals surface area contributed by atoms with Crippen LogP contribution in [0, 0.1) is 0 Å². The Hall–Kier alpha value is -0.200. The SMILES string of the molecule is CC1OCCC(N(C)C)C1OC1CC[C@H](O)[C@H](C)O1. The third-order valence-electron chi connectivity index (χ3n) is 4.21. The number of nitrogens with zero attached hydrogens (tertiary/aromatic N) is 1. The second kappa shape index (κ2) is 6.50. The molecule has 2 rings (SSSR count). The molecule has 5 nitrogen and oxygen atoms in total. The summed E-state index contributed by atoms with van der Waals surface area (Å²) in [6.07, 6.45) is 1.81. The van der Waals surface area contributed by atoms with Gasteiger partial charge in [0, 0.05) is 19.1 Å². The van der Waals surface area contributed by atoms with E-state index in [9.17, 15) is 5.11 Å². The van der Waals surface area contributed by atoms with Crippen LogP contribution in [-0.2, 0) is 14.2 Å². The summed E-state index contributed by atoms with van der Waals surface area (Å²) in [5, 5.41) is 9.68. The van der Waals surface area contributed by atoms with Gasteiger partial charge in [-0.05, 0) is 40.8 Å². The molecule has 2 saturated heterocycles. The first-order valence-electron chi connectivity index (χ1n) is 7.26. The average molecular weight is 273 g/mol. The second-order valence-electron chi connectivity index (χ2n) is 5.91. The van der Waals surface area contributed by atoms with Gasteiger partial charge >= 0.3 is 0 Å². The van der Waals surface area contributed by atoms with E-state index in [4.69, 9.17) is 14.2 Å². The van der Waals surface area contributed by atoms with Crippen LogP contribution in [-0.4, -0.2) is 67.5 Å². The van der Waals surface area contributed by atoms with Crippen molar-refractivity contribution >= 4 is 0 Å². The number of ether oxygens (including phenoxy) is 3. The van der Waals surface area contributed by atoms with Crippen molar-refractivity contribution in [1.29, 1.82) is 0 Å². The molecule has 0 aliphatic carbocycles. The van der Waals surface area contributed by atoms with Crippen LogP contribution in [0.2, 0.25) is 0 Å². The molecule has 19 heavy (non-hydrogen) atoms. The van der Waals surface area contributed by atoms with Crippen LogP contribution in [0.4, 0.5) is 0 Å². The fraction of sp³-hybridized carbons (Fsp3) is 1.00. The number of rotatable bonds is 3. The van der Waals surface area contributed by atoms with Gasteiger partial charge in [0.15, 0.2) is 6.29 Å². The highest BCUT2D eigenvalue weighted by Gasteiger charge is 2.37. The van der Waals surface area contributed by atoms with Gasteiger partial charge in [0.25, 0.3) is 0 Å². The fourth-order valence-electron chi connectivity index (χ4n) is 2.92. The van der Waals surface area contributed by atoms with Crippen molar-refractivity contribution in [2.45, 2.75) is 69.9 Å². The quantitative estimate of drug-likeness (QED) is 0.831. The molecule has 5 heteroatoms. The molecular formula is C14H27NO4. The molecule has 6 atom stereocenters. The highest BCUT2D eigenvalue weighted by atomic mass is 16.7. The third kappa shape index (κ3) is 3.67. The minimum absolute atomic E-state index is 0.0243. The summed E-state index contributed by atoms with van der Waals surface area (Å²) in [5.74, 6) is 0. The lowest BCUT2D eigenvalue weighted by Crippen LogP contribution is -2.53. The molecular weight excluding hydrogens is 246 g/mol. The number of likely N-dealkylation sites (N-methyl/N-ethyl adjacent to an activating group) is 1. The number of aliphatic hydroxyl groups is 1. The molecule has 1 N–H and O–H groups in total. The Labute approximate surface area is 115 Å². The molecule has 0 aromatic rings. The van der Waals surface area contributed by atoms with Crippen molar-refractivity contribution in [3.63, 3.8) is 0 Å². The summed E-state index contributed by atoms with van der Waals surface area (Å²) in [4.78, 5) is 2.20. The number of hydrogen-bond acceptors (Lipinski definition) is 5. The van der Waals surface area contributed by atoms with Gasteiger partial charge in [0.2, 0.25) is 0 Å². The van der Waals surface area contributed by atoms with Crippen LogP contribution in [0.15, 0.2) is 0 Å². The van der Waals surface area contributed by atoms with Crippen molar-refractivity contribution in [2.75, 3.05) is 20.7 Å². The van der Waals surface area contributed by atoms with E-state index in [1.54, 1.807) is 0 Å². The molecule has 112 valence electrons. The summed E-state index contributed by atoms with van der Waals surface area (Å²) in [5.41, 5.74) is 0. The minimum atomic E-state index is -0.371. The lowest BCUT2D eigenvalue weighted by atomic mass is 9.99. The molecule has 4 unspecified atom stereocenters. The van der Waals surface area contributed by atoms with Gasteiger partial charge in [-0.15, -0.1) is 0 Å². The molecule has 0 spiro atoms. The largest absolute Gasteiger partial charge is 0.390 e. The Kier molecular flexibility index (Phi) is 5.20. The molecule has 0 bridgehead atoms. The molecule has 2 fully saturated rings. The van der Waals surface area contributed by atoms with Crippen LogP contribution < -0.4 is 0 Å². The average Bonchev–Trinajstić information content (AvgIpc) is 2.36.